The molecule has 0 bridgehead atoms. The van der Waals surface area contributed by atoms with Gasteiger partial charge in [0.2, 0.25) is 15.9 Å². The lowest BCUT2D eigenvalue weighted by molar-refractivity contribution is -0.120. The van der Waals surface area contributed by atoms with Crippen molar-refractivity contribution in [2.45, 2.75) is 44.3 Å². The van der Waals surface area contributed by atoms with Gasteiger partial charge in [0, 0.05) is 45.5 Å². The Morgan fingerprint density at radius 1 is 1.13 bits per heavy atom. The molecule has 1 heterocycles. The number of benzene rings is 1. The van der Waals surface area contributed by atoms with Crippen LogP contribution in [-0.2, 0) is 26.0 Å². The number of rotatable bonds is 13. The minimum Gasteiger partial charge on any atom is -0.383 e. The summed E-state index contributed by atoms with van der Waals surface area (Å²) in [6.07, 6.45) is 2.45. The first-order valence-electron chi connectivity index (χ1n) is 11.2. The van der Waals surface area contributed by atoms with Crippen molar-refractivity contribution < 1.29 is 17.9 Å². The maximum absolute atomic E-state index is 13.5. The van der Waals surface area contributed by atoms with Crippen LogP contribution in [0.1, 0.15) is 38.7 Å². The number of nitrogens with one attached hydrogen (secondary N) is 1. The molecule has 31 heavy (non-hydrogen) atoms. The van der Waals surface area contributed by atoms with Crippen molar-refractivity contribution in [1.29, 1.82) is 0 Å². The summed E-state index contributed by atoms with van der Waals surface area (Å²) in [6.45, 7) is 7.19. The summed E-state index contributed by atoms with van der Waals surface area (Å²) in [7, 11) is -2.28. The van der Waals surface area contributed by atoms with Gasteiger partial charge in [-0.2, -0.15) is 4.31 Å². The molecule has 0 aliphatic carbocycles. The number of carbonyl (C=O) groups excluding carboxylic acids is 1. The predicted octanol–water partition coefficient (Wildman–Crippen LogP) is 1.35. The van der Waals surface area contributed by atoms with Crippen molar-refractivity contribution in [3.8, 4) is 0 Å². The molecule has 0 spiro atoms. The Hall–Kier alpha value is -1.68. The number of sulfonamides is 1. The van der Waals surface area contributed by atoms with Gasteiger partial charge in [0.25, 0.3) is 0 Å². The molecule has 1 aromatic rings. The highest BCUT2D eigenvalue weighted by molar-refractivity contribution is 7.91. The number of anilines is 1. The molecule has 9 heteroatoms. The number of nitrogens with zero attached hydrogens (tertiary/aromatic N) is 2. The molecular formula is C22H38N4O4S. The van der Waals surface area contributed by atoms with Gasteiger partial charge in [-0.25, -0.2) is 8.42 Å². The van der Waals surface area contributed by atoms with Crippen molar-refractivity contribution in [3.05, 3.63) is 29.8 Å². The van der Waals surface area contributed by atoms with E-state index in [2.05, 4.69) is 41.4 Å². The molecule has 0 radical (unpaired) electrons. The molecule has 1 amide bonds. The predicted molar refractivity (Wildman–Crippen MR) is 125 cm³/mol. The van der Waals surface area contributed by atoms with Gasteiger partial charge in [0.05, 0.1) is 6.61 Å². The first kappa shape index (κ1) is 25.6. The zero-order valence-electron chi connectivity index (χ0n) is 19.1. The van der Waals surface area contributed by atoms with E-state index < -0.39 is 20.7 Å². The summed E-state index contributed by atoms with van der Waals surface area (Å²) in [5.74, 6) is -0.780. The van der Waals surface area contributed by atoms with Crippen LogP contribution in [0.5, 0.6) is 0 Å². The molecule has 1 aliphatic heterocycles. The molecule has 176 valence electrons. The summed E-state index contributed by atoms with van der Waals surface area (Å²) in [6, 6.07) is 8.46. The van der Waals surface area contributed by atoms with Gasteiger partial charge >= 0.3 is 0 Å². The van der Waals surface area contributed by atoms with Crippen LogP contribution in [0.4, 0.5) is 5.69 Å². The number of ether oxygens (including phenoxy) is 1. The SMILES string of the molecule is CCCc1ccc(N2CCN(S(=O)(=O)C(CC)(CCNCCOC)C(N)=O)CC2)cc1. The topological polar surface area (TPSA) is 105 Å². The van der Waals surface area contributed by atoms with Crippen LogP contribution in [0.25, 0.3) is 0 Å². The van der Waals surface area contributed by atoms with Crippen LogP contribution < -0.4 is 16.0 Å². The number of methoxy groups -OCH3 is 1. The van der Waals surface area contributed by atoms with Crippen molar-refractivity contribution >= 4 is 21.6 Å². The Morgan fingerprint density at radius 2 is 1.77 bits per heavy atom. The third-order valence-electron chi connectivity index (χ3n) is 6.12. The number of hydrogen-bond acceptors (Lipinski definition) is 6. The van der Waals surface area contributed by atoms with Gasteiger partial charge in [-0.1, -0.05) is 32.4 Å². The highest BCUT2D eigenvalue weighted by Gasteiger charge is 2.50. The minimum absolute atomic E-state index is 0.143. The molecule has 2 rings (SSSR count). The number of primary amides is 1. The van der Waals surface area contributed by atoms with Crippen molar-refractivity contribution in [2.75, 3.05) is 57.9 Å². The fourth-order valence-electron chi connectivity index (χ4n) is 4.10. The highest BCUT2D eigenvalue weighted by Crippen LogP contribution is 2.30. The first-order chi connectivity index (χ1) is 14.8. The van der Waals surface area contributed by atoms with Crippen LogP contribution in [0.2, 0.25) is 0 Å². The molecular weight excluding hydrogens is 416 g/mol. The molecule has 1 aromatic carbocycles. The average Bonchev–Trinajstić information content (AvgIpc) is 2.77. The maximum atomic E-state index is 13.5. The second-order valence-corrected chi connectivity index (χ2v) is 10.3. The van der Waals surface area contributed by atoms with E-state index in [0.717, 1.165) is 18.5 Å². The largest absolute Gasteiger partial charge is 0.383 e. The van der Waals surface area contributed by atoms with E-state index in [0.29, 0.717) is 45.9 Å². The first-order valence-corrected chi connectivity index (χ1v) is 12.6. The smallest absolute Gasteiger partial charge is 0.240 e. The van der Waals surface area contributed by atoms with E-state index in [1.165, 1.54) is 9.87 Å². The Morgan fingerprint density at radius 3 is 2.29 bits per heavy atom. The van der Waals surface area contributed by atoms with E-state index in [-0.39, 0.29) is 12.8 Å². The minimum atomic E-state index is -3.89. The van der Waals surface area contributed by atoms with Crippen molar-refractivity contribution in [3.63, 3.8) is 0 Å². The number of nitrogens with two attached hydrogens (primary N) is 1. The van der Waals surface area contributed by atoms with Crippen LogP contribution in [-0.4, -0.2) is 76.4 Å². The highest BCUT2D eigenvalue weighted by atomic mass is 32.2. The third kappa shape index (κ3) is 5.97. The van der Waals surface area contributed by atoms with E-state index in [9.17, 15) is 13.2 Å². The fourth-order valence-corrected chi connectivity index (χ4v) is 6.22. The Kier molecular flexibility index (Phi) is 9.74. The van der Waals surface area contributed by atoms with Crippen LogP contribution in [0, 0.1) is 0 Å². The molecule has 1 unspecified atom stereocenters. The summed E-state index contributed by atoms with van der Waals surface area (Å²) in [5.41, 5.74) is 8.07. The lowest BCUT2D eigenvalue weighted by atomic mass is 10.0. The summed E-state index contributed by atoms with van der Waals surface area (Å²) >= 11 is 0. The monoisotopic (exact) mass is 454 g/mol. The summed E-state index contributed by atoms with van der Waals surface area (Å²) < 4.78 is 31.9. The zero-order valence-corrected chi connectivity index (χ0v) is 19.9. The normalized spacial score (nSPS) is 17.5. The summed E-state index contributed by atoms with van der Waals surface area (Å²) in [5, 5.41) is 3.12. The Balaban J connectivity index is 2.06. The molecule has 3 N–H and O–H groups in total. The van der Waals surface area contributed by atoms with E-state index in [4.69, 9.17) is 10.5 Å². The van der Waals surface area contributed by atoms with Gasteiger partial charge in [-0.15, -0.1) is 0 Å². The van der Waals surface area contributed by atoms with Gasteiger partial charge in [0.1, 0.15) is 0 Å². The Bertz CT molecular complexity index is 792. The lowest BCUT2D eigenvalue weighted by Crippen LogP contribution is -2.60. The average molecular weight is 455 g/mol. The quantitative estimate of drug-likeness (QED) is 0.436. The summed E-state index contributed by atoms with van der Waals surface area (Å²) in [4.78, 5) is 14.6. The molecule has 1 fully saturated rings. The van der Waals surface area contributed by atoms with E-state index >= 15 is 0 Å². The lowest BCUT2D eigenvalue weighted by Gasteiger charge is -2.40. The Labute approximate surface area is 187 Å². The van der Waals surface area contributed by atoms with Crippen LogP contribution in [0.3, 0.4) is 0 Å². The van der Waals surface area contributed by atoms with Crippen molar-refractivity contribution in [1.82, 2.24) is 9.62 Å². The van der Waals surface area contributed by atoms with Gasteiger partial charge in [-0.05, 0) is 43.5 Å². The van der Waals surface area contributed by atoms with Crippen LogP contribution >= 0.6 is 0 Å². The molecule has 1 saturated heterocycles. The second-order valence-electron chi connectivity index (χ2n) is 8.01. The molecule has 8 nitrogen and oxygen atoms in total. The zero-order chi connectivity index (χ0) is 22.9. The maximum Gasteiger partial charge on any atom is 0.240 e. The fraction of sp³-hybridized carbons (Fsp3) is 0.682. The number of carbonyl (C=O) groups is 1. The standard InChI is InChI=1S/C22H38N4O4S/c1-4-6-19-7-9-20(10-8-19)25-14-16-26(17-15-25)31(28,29)22(5-2,21(23)27)11-12-24-13-18-30-3/h7-10,24H,4-6,11-18H2,1-3H3,(H2,23,27). The van der Waals surface area contributed by atoms with Crippen molar-refractivity contribution in [2.24, 2.45) is 5.73 Å². The molecule has 1 aliphatic rings. The second kappa shape index (κ2) is 11.8. The number of hydrogen-bond donors (Lipinski definition) is 2. The third-order valence-corrected chi connectivity index (χ3v) is 8.85. The van der Waals surface area contributed by atoms with E-state index in [1.54, 1.807) is 14.0 Å². The van der Waals surface area contributed by atoms with E-state index in [1.807, 2.05) is 0 Å². The number of aryl methyl sites for hydroxylation is 1. The molecule has 1 atom stereocenters. The molecule has 0 aromatic heterocycles. The van der Waals surface area contributed by atoms with Crippen LogP contribution in [0.15, 0.2) is 24.3 Å². The van der Waals surface area contributed by atoms with Gasteiger partial charge < -0.3 is 20.7 Å². The van der Waals surface area contributed by atoms with Gasteiger partial charge in [-0.3, -0.25) is 4.79 Å². The number of piperazine rings is 1. The van der Waals surface area contributed by atoms with Gasteiger partial charge in [0.15, 0.2) is 4.75 Å². The molecule has 0 saturated carbocycles. The number of amides is 1.